The minimum absolute atomic E-state index is 0.126. The summed E-state index contributed by atoms with van der Waals surface area (Å²) in [6, 6.07) is 9.31. The van der Waals surface area contributed by atoms with Crippen LogP contribution in [0.5, 0.6) is 0 Å². The lowest BCUT2D eigenvalue weighted by Crippen LogP contribution is -2.38. The molecule has 0 spiro atoms. The molecule has 106 valence electrons. The second kappa shape index (κ2) is 9.30. The quantitative estimate of drug-likeness (QED) is 0.543. The fourth-order valence-electron chi connectivity index (χ4n) is 1.37. The molecule has 0 heterocycles. The summed E-state index contributed by atoms with van der Waals surface area (Å²) < 4.78 is 0. The third-order valence-electron chi connectivity index (χ3n) is 2.40. The summed E-state index contributed by atoms with van der Waals surface area (Å²) >= 11 is 0. The lowest BCUT2D eigenvalue weighted by atomic mass is 9.94. The zero-order chi connectivity index (χ0) is 14.7. The van der Waals surface area contributed by atoms with E-state index in [9.17, 15) is 5.11 Å². The van der Waals surface area contributed by atoms with Gasteiger partial charge in [0, 0.05) is 12.2 Å². The van der Waals surface area contributed by atoms with Crippen molar-refractivity contribution < 1.29 is 5.11 Å². The van der Waals surface area contributed by atoms with E-state index in [4.69, 9.17) is 5.73 Å². The first kappa shape index (κ1) is 17.4. The van der Waals surface area contributed by atoms with E-state index in [-0.39, 0.29) is 13.1 Å². The highest BCUT2D eigenvalue weighted by Crippen LogP contribution is 2.19. The van der Waals surface area contributed by atoms with Gasteiger partial charge in [0.2, 0.25) is 0 Å². The maximum Gasteiger partial charge on any atom is 0.121 e. The second-order valence-electron chi connectivity index (χ2n) is 4.00. The first-order valence-electron chi connectivity index (χ1n) is 6.47. The van der Waals surface area contributed by atoms with Gasteiger partial charge >= 0.3 is 0 Å². The molecule has 0 aliphatic rings. The molecule has 1 atom stereocenters. The number of hydrogen-bond donors (Lipinski definition) is 3. The lowest BCUT2D eigenvalue weighted by molar-refractivity contribution is 0.0560. The van der Waals surface area contributed by atoms with Crippen molar-refractivity contribution in [3.8, 4) is 0 Å². The highest BCUT2D eigenvalue weighted by atomic mass is 16.3. The Kier molecular flexibility index (Phi) is 8.49. The van der Waals surface area contributed by atoms with E-state index in [1.165, 1.54) is 6.34 Å². The number of aliphatic hydroxyl groups is 1. The van der Waals surface area contributed by atoms with E-state index >= 15 is 0 Å². The highest BCUT2D eigenvalue weighted by Gasteiger charge is 2.26. The SMILES string of the molecule is C=C(C)NC=NCC(O)(CN)c1ccccc1.CC. The van der Waals surface area contributed by atoms with Crippen molar-refractivity contribution in [1.82, 2.24) is 5.32 Å². The van der Waals surface area contributed by atoms with Gasteiger partial charge in [0.05, 0.1) is 12.9 Å². The Morgan fingerprint density at radius 3 is 2.47 bits per heavy atom. The molecule has 1 aromatic carbocycles. The van der Waals surface area contributed by atoms with Crippen LogP contribution in [0.2, 0.25) is 0 Å². The Morgan fingerprint density at radius 1 is 1.42 bits per heavy atom. The lowest BCUT2D eigenvalue weighted by Gasteiger charge is -2.24. The normalized spacial score (nSPS) is 13.3. The molecule has 0 aromatic heterocycles. The molecule has 0 fully saturated rings. The molecule has 4 heteroatoms. The van der Waals surface area contributed by atoms with Gasteiger partial charge in [-0.25, -0.2) is 0 Å². The van der Waals surface area contributed by atoms with E-state index in [2.05, 4.69) is 16.9 Å². The zero-order valence-corrected chi connectivity index (χ0v) is 12.1. The van der Waals surface area contributed by atoms with Crippen molar-refractivity contribution in [2.45, 2.75) is 26.4 Å². The van der Waals surface area contributed by atoms with Crippen molar-refractivity contribution in [2.24, 2.45) is 10.7 Å². The van der Waals surface area contributed by atoms with Crippen molar-refractivity contribution >= 4 is 6.34 Å². The van der Waals surface area contributed by atoms with Gasteiger partial charge in [0.15, 0.2) is 0 Å². The monoisotopic (exact) mass is 263 g/mol. The Hall–Kier alpha value is -1.65. The summed E-state index contributed by atoms with van der Waals surface area (Å²) in [6.45, 7) is 9.85. The largest absolute Gasteiger partial charge is 0.382 e. The third kappa shape index (κ3) is 6.18. The Balaban J connectivity index is 0.00000154. The van der Waals surface area contributed by atoms with E-state index in [0.29, 0.717) is 0 Å². The van der Waals surface area contributed by atoms with E-state index in [1.807, 2.05) is 51.1 Å². The van der Waals surface area contributed by atoms with Crippen LogP contribution in [0.15, 0.2) is 47.6 Å². The third-order valence-corrected chi connectivity index (χ3v) is 2.40. The molecular formula is C15H25N3O. The van der Waals surface area contributed by atoms with Crippen molar-refractivity contribution in [3.63, 3.8) is 0 Å². The summed E-state index contributed by atoms with van der Waals surface area (Å²) in [5, 5.41) is 13.2. The summed E-state index contributed by atoms with van der Waals surface area (Å²) in [4.78, 5) is 4.10. The molecule has 0 saturated heterocycles. The molecule has 0 aliphatic carbocycles. The molecule has 0 bridgehead atoms. The maximum absolute atomic E-state index is 10.4. The number of hydrogen-bond acceptors (Lipinski definition) is 3. The van der Waals surface area contributed by atoms with Crippen LogP contribution in [0.4, 0.5) is 0 Å². The van der Waals surface area contributed by atoms with Gasteiger partial charge < -0.3 is 16.2 Å². The Morgan fingerprint density at radius 2 is 2.00 bits per heavy atom. The number of allylic oxidation sites excluding steroid dienone is 1. The molecular weight excluding hydrogens is 238 g/mol. The number of nitrogens with two attached hydrogens (primary N) is 1. The topological polar surface area (TPSA) is 70.6 Å². The van der Waals surface area contributed by atoms with Gasteiger partial charge in [-0.1, -0.05) is 50.8 Å². The number of rotatable bonds is 6. The maximum atomic E-state index is 10.4. The predicted octanol–water partition coefficient (Wildman–Crippen LogP) is 2.01. The molecule has 4 nitrogen and oxygen atoms in total. The average molecular weight is 263 g/mol. The van der Waals surface area contributed by atoms with Gasteiger partial charge in [-0.2, -0.15) is 0 Å². The minimum Gasteiger partial charge on any atom is -0.382 e. The highest BCUT2D eigenvalue weighted by molar-refractivity contribution is 5.56. The van der Waals surface area contributed by atoms with Crippen LogP contribution < -0.4 is 11.1 Å². The second-order valence-corrected chi connectivity index (χ2v) is 4.00. The fourth-order valence-corrected chi connectivity index (χ4v) is 1.37. The molecule has 0 radical (unpaired) electrons. The van der Waals surface area contributed by atoms with E-state index < -0.39 is 5.60 Å². The van der Waals surface area contributed by atoms with Gasteiger partial charge in [0.25, 0.3) is 0 Å². The minimum atomic E-state index is -1.12. The number of nitrogens with zero attached hydrogens (tertiary/aromatic N) is 1. The van der Waals surface area contributed by atoms with Crippen molar-refractivity contribution in [3.05, 3.63) is 48.2 Å². The van der Waals surface area contributed by atoms with Crippen LogP contribution >= 0.6 is 0 Å². The van der Waals surface area contributed by atoms with Crippen LogP contribution in [0.1, 0.15) is 26.3 Å². The fraction of sp³-hybridized carbons (Fsp3) is 0.400. The number of aliphatic imine (C=N–C) groups is 1. The summed E-state index contributed by atoms with van der Waals surface area (Å²) in [5.41, 5.74) is 6.07. The van der Waals surface area contributed by atoms with Gasteiger partial charge in [-0.05, 0) is 12.5 Å². The van der Waals surface area contributed by atoms with Crippen LogP contribution in [-0.2, 0) is 5.60 Å². The molecule has 0 saturated carbocycles. The van der Waals surface area contributed by atoms with Crippen LogP contribution in [0.25, 0.3) is 0 Å². The van der Waals surface area contributed by atoms with E-state index in [1.54, 1.807) is 0 Å². The smallest absolute Gasteiger partial charge is 0.121 e. The average Bonchev–Trinajstić information content (AvgIpc) is 2.46. The molecule has 19 heavy (non-hydrogen) atoms. The van der Waals surface area contributed by atoms with E-state index in [0.717, 1.165) is 11.3 Å². The van der Waals surface area contributed by atoms with Gasteiger partial charge in [-0.15, -0.1) is 0 Å². The number of benzene rings is 1. The first-order chi connectivity index (χ1) is 9.08. The molecule has 4 N–H and O–H groups in total. The predicted molar refractivity (Wildman–Crippen MR) is 82.0 cm³/mol. The van der Waals surface area contributed by atoms with Crippen LogP contribution in [0.3, 0.4) is 0 Å². The van der Waals surface area contributed by atoms with Gasteiger partial charge in [-0.3, -0.25) is 4.99 Å². The molecule has 1 aromatic rings. The van der Waals surface area contributed by atoms with Crippen molar-refractivity contribution in [1.29, 1.82) is 0 Å². The van der Waals surface area contributed by atoms with Gasteiger partial charge in [0.1, 0.15) is 5.60 Å². The Labute approximate surface area is 116 Å². The Bertz CT molecular complexity index is 390. The standard InChI is InChI=1S/C13H19N3O.C2H6/c1-11(2)16-10-15-9-13(17,8-14)12-6-4-3-5-7-12;1-2/h3-7,10,17H,1,8-9,14H2,2H3,(H,15,16);1-2H3. The molecule has 1 unspecified atom stereocenters. The zero-order valence-electron chi connectivity index (χ0n) is 12.1. The molecule has 1 rings (SSSR count). The van der Waals surface area contributed by atoms with Crippen LogP contribution in [-0.4, -0.2) is 24.5 Å². The first-order valence-corrected chi connectivity index (χ1v) is 6.47. The summed E-state index contributed by atoms with van der Waals surface area (Å²) in [7, 11) is 0. The summed E-state index contributed by atoms with van der Waals surface area (Å²) in [6.07, 6.45) is 1.52. The number of nitrogens with one attached hydrogen (secondary N) is 1. The van der Waals surface area contributed by atoms with Crippen molar-refractivity contribution in [2.75, 3.05) is 13.1 Å². The molecule has 0 aliphatic heterocycles. The van der Waals surface area contributed by atoms with Crippen LogP contribution in [0, 0.1) is 0 Å². The summed E-state index contributed by atoms with van der Waals surface area (Å²) in [5.74, 6) is 0. The molecule has 0 amide bonds.